The van der Waals surface area contributed by atoms with Gasteiger partial charge in [0.05, 0.1) is 6.10 Å². The van der Waals surface area contributed by atoms with Crippen molar-refractivity contribution in [2.75, 3.05) is 0 Å². The third-order valence-electron chi connectivity index (χ3n) is 5.64. The van der Waals surface area contributed by atoms with Crippen LogP contribution in [0, 0.1) is 23.2 Å². The molecule has 4 rings (SSSR count). The standard InChI is InChI=1S/C16H26O/c1-11(2)3-4-15(17)16-8-12-5-13(9-16)7-14(6-12)10-16/h12-15,17H,1,3-10H2,2H3. The average Bonchev–Trinajstić information content (AvgIpc) is 2.23. The van der Waals surface area contributed by atoms with Crippen LogP contribution in [0.25, 0.3) is 0 Å². The lowest BCUT2D eigenvalue weighted by Crippen LogP contribution is -2.51. The van der Waals surface area contributed by atoms with E-state index in [1.165, 1.54) is 44.1 Å². The van der Waals surface area contributed by atoms with Gasteiger partial charge in [-0.25, -0.2) is 0 Å². The first kappa shape index (κ1) is 11.8. The van der Waals surface area contributed by atoms with E-state index in [1.807, 2.05) is 0 Å². The predicted molar refractivity (Wildman–Crippen MR) is 70.7 cm³/mol. The van der Waals surface area contributed by atoms with E-state index in [2.05, 4.69) is 13.5 Å². The molecule has 1 heteroatoms. The maximum Gasteiger partial charge on any atom is 0.0599 e. The van der Waals surface area contributed by atoms with Crippen molar-refractivity contribution in [3.8, 4) is 0 Å². The minimum Gasteiger partial charge on any atom is -0.393 e. The molecule has 0 radical (unpaired) electrons. The Morgan fingerprint density at radius 1 is 1.18 bits per heavy atom. The van der Waals surface area contributed by atoms with E-state index in [0.717, 1.165) is 30.6 Å². The van der Waals surface area contributed by atoms with Gasteiger partial charge in [-0.1, -0.05) is 5.57 Å². The van der Waals surface area contributed by atoms with Crippen LogP contribution < -0.4 is 0 Å². The molecule has 17 heavy (non-hydrogen) atoms. The Morgan fingerprint density at radius 3 is 2.06 bits per heavy atom. The molecule has 4 aliphatic rings. The van der Waals surface area contributed by atoms with Crippen LogP contribution in [0.1, 0.15) is 58.3 Å². The van der Waals surface area contributed by atoms with E-state index in [4.69, 9.17) is 0 Å². The number of rotatable bonds is 4. The first-order valence-corrected chi connectivity index (χ1v) is 7.40. The van der Waals surface area contributed by atoms with Crippen LogP contribution in [-0.4, -0.2) is 11.2 Å². The molecule has 0 amide bonds. The molecule has 0 aromatic heterocycles. The molecule has 4 bridgehead atoms. The fraction of sp³-hybridized carbons (Fsp3) is 0.875. The van der Waals surface area contributed by atoms with Gasteiger partial charge in [-0.05, 0) is 81.5 Å². The molecule has 1 N–H and O–H groups in total. The second-order valence-electron chi connectivity index (χ2n) is 7.29. The van der Waals surface area contributed by atoms with Crippen LogP contribution in [0.2, 0.25) is 0 Å². The molecule has 0 spiro atoms. The van der Waals surface area contributed by atoms with Crippen LogP contribution in [-0.2, 0) is 0 Å². The summed E-state index contributed by atoms with van der Waals surface area (Å²) in [7, 11) is 0. The van der Waals surface area contributed by atoms with Crippen molar-refractivity contribution in [2.45, 2.75) is 64.4 Å². The molecule has 0 aromatic carbocycles. The largest absolute Gasteiger partial charge is 0.393 e. The van der Waals surface area contributed by atoms with Gasteiger partial charge in [-0.15, -0.1) is 6.58 Å². The predicted octanol–water partition coefficient (Wildman–Crippen LogP) is 3.92. The molecular weight excluding hydrogens is 208 g/mol. The van der Waals surface area contributed by atoms with Crippen molar-refractivity contribution in [3.05, 3.63) is 12.2 Å². The Morgan fingerprint density at radius 2 is 1.65 bits per heavy atom. The van der Waals surface area contributed by atoms with E-state index in [9.17, 15) is 5.11 Å². The fourth-order valence-electron chi connectivity index (χ4n) is 5.28. The van der Waals surface area contributed by atoms with Crippen LogP contribution >= 0.6 is 0 Å². The maximum absolute atomic E-state index is 10.6. The van der Waals surface area contributed by atoms with Crippen molar-refractivity contribution in [1.82, 2.24) is 0 Å². The maximum atomic E-state index is 10.6. The van der Waals surface area contributed by atoms with Crippen LogP contribution in [0.15, 0.2) is 12.2 Å². The van der Waals surface area contributed by atoms with Gasteiger partial charge >= 0.3 is 0 Å². The van der Waals surface area contributed by atoms with Gasteiger partial charge in [0.1, 0.15) is 0 Å². The summed E-state index contributed by atoms with van der Waals surface area (Å²) in [5.41, 5.74) is 1.53. The highest BCUT2D eigenvalue weighted by molar-refractivity contribution is 5.05. The molecule has 0 aromatic rings. The molecule has 1 unspecified atom stereocenters. The molecule has 0 saturated heterocycles. The molecule has 4 fully saturated rings. The van der Waals surface area contributed by atoms with E-state index in [-0.39, 0.29) is 6.10 Å². The Hall–Kier alpha value is -0.300. The summed E-state index contributed by atoms with van der Waals surface area (Å²) < 4.78 is 0. The highest BCUT2D eigenvalue weighted by Crippen LogP contribution is 2.61. The van der Waals surface area contributed by atoms with Gasteiger partial charge in [0.15, 0.2) is 0 Å². The highest BCUT2D eigenvalue weighted by Gasteiger charge is 2.53. The number of aliphatic hydroxyl groups excluding tert-OH is 1. The van der Waals surface area contributed by atoms with Crippen LogP contribution in [0.4, 0.5) is 0 Å². The van der Waals surface area contributed by atoms with Gasteiger partial charge in [-0.3, -0.25) is 0 Å². The Balaban J connectivity index is 1.70. The van der Waals surface area contributed by atoms with Crippen molar-refractivity contribution in [2.24, 2.45) is 23.2 Å². The van der Waals surface area contributed by atoms with Crippen LogP contribution in [0.3, 0.4) is 0 Å². The summed E-state index contributed by atoms with van der Waals surface area (Å²) >= 11 is 0. The number of hydrogen-bond donors (Lipinski definition) is 1. The minimum atomic E-state index is -0.0624. The summed E-state index contributed by atoms with van der Waals surface area (Å²) in [6, 6.07) is 0. The van der Waals surface area contributed by atoms with E-state index in [1.54, 1.807) is 0 Å². The summed E-state index contributed by atoms with van der Waals surface area (Å²) in [5, 5.41) is 10.6. The topological polar surface area (TPSA) is 20.2 Å². The van der Waals surface area contributed by atoms with Gasteiger partial charge in [0.2, 0.25) is 0 Å². The summed E-state index contributed by atoms with van der Waals surface area (Å²) in [5.74, 6) is 2.84. The monoisotopic (exact) mass is 234 g/mol. The zero-order chi connectivity index (χ0) is 12.0. The number of aliphatic hydroxyl groups is 1. The summed E-state index contributed by atoms with van der Waals surface area (Å²) in [6.45, 7) is 6.04. The second-order valence-corrected chi connectivity index (χ2v) is 7.29. The molecule has 4 aliphatic carbocycles. The van der Waals surface area contributed by atoms with Crippen molar-refractivity contribution in [1.29, 1.82) is 0 Å². The van der Waals surface area contributed by atoms with Crippen molar-refractivity contribution < 1.29 is 5.11 Å². The van der Waals surface area contributed by atoms with Crippen molar-refractivity contribution in [3.63, 3.8) is 0 Å². The van der Waals surface area contributed by atoms with Gasteiger partial charge in [0.25, 0.3) is 0 Å². The quantitative estimate of drug-likeness (QED) is 0.731. The zero-order valence-electron chi connectivity index (χ0n) is 11.1. The third kappa shape index (κ3) is 2.07. The molecule has 4 saturated carbocycles. The lowest BCUT2D eigenvalue weighted by atomic mass is 9.48. The molecule has 1 atom stereocenters. The summed E-state index contributed by atoms with van der Waals surface area (Å²) in [4.78, 5) is 0. The van der Waals surface area contributed by atoms with Crippen LogP contribution in [0.5, 0.6) is 0 Å². The Bertz CT molecular complexity index is 282. The lowest BCUT2D eigenvalue weighted by Gasteiger charge is -2.58. The summed E-state index contributed by atoms with van der Waals surface area (Å²) in [6.07, 6.45) is 10.2. The lowest BCUT2D eigenvalue weighted by molar-refractivity contribution is -0.121. The van der Waals surface area contributed by atoms with E-state index < -0.39 is 0 Å². The number of allylic oxidation sites excluding steroid dienone is 1. The van der Waals surface area contributed by atoms with E-state index >= 15 is 0 Å². The smallest absolute Gasteiger partial charge is 0.0599 e. The first-order valence-electron chi connectivity index (χ1n) is 7.40. The molecule has 96 valence electrons. The zero-order valence-corrected chi connectivity index (χ0v) is 11.1. The van der Waals surface area contributed by atoms with Gasteiger partial charge in [-0.2, -0.15) is 0 Å². The van der Waals surface area contributed by atoms with E-state index in [0.29, 0.717) is 5.41 Å². The number of hydrogen-bond acceptors (Lipinski definition) is 1. The average molecular weight is 234 g/mol. The molecule has 0 heterocycles. The van der Waals surface area contributed by atoms with Gasteiger partial charge < -0.3 is 5.11 Å². The first-order chi connectivity index (χ1) is 8.07. The second kappa shape index (κ2) is 4.12. The Kier molecular flexibility index (Phi) is 2.85. The highest BCUT2D eigenvalue weighted by atomic mass is 16.3. The molecule has 1 nitrogen and oxygen atoms in total. The van der Waals surface area contributed by atoms with Crippen molar-refractivity contribution >= 4 is 0 Å². The SMILES string of the molecule is C=C(C)CCC(O)C12CC3CC(CC(C3)C1)C2. The minimum absolute atomic E-state index is 0.0624. The Labute approximate surface area is 105 Å². The molecule has 0 aliphatic heterocycles. The fourth-order valence-corrected chi connectivity index (χ4v) is 5.28. The third-order valence-corrected chi connectivity index (χ3v) is 5.64. The molecular formula is C16H26O. The normalized spacial score (nSPS) is 44.9. The van der Waals surface area contributed by atoms with Gasteiger partial charge in [0, 0.05) is 0 Å².